The number of anilines is 1. The van der Waals surface area contributed by atoms with Crippen LogP contribution in [0.4, 0.5) is 5.13 Å². The SMILES string of the molecule is CCCc1nnsc1C(=O)Nc1nc2c(s1)COCC2. The fraction of sp³-hybridized carbons (Fsp3) is 0.500. The molecule has 0 bridgehead atoms. The molecule has 0 saturated heterocycles. The lowest BCUT2D eigenvalue weighted by Gasteiger charge is -2.08. The summed E-state index contributed by atoms with van der Waals surface area (Å²) in [6.45, 7) is 3.34. The number of thiazole rings is 1. The van der Waals surface area contributed by atoms with Crippen molar-refractivity contribution in [2.75, 3.05) is 11.9 Å². The lowest BCUT2D eigenvalue weighted by Crippen LogP contribution is -2.12. The van der Waals surface area contributed by atoms with Crippen molar-refractivity contribution in [1.82, 2.24) is 14.6 Å². The number of hydrogen-bond donors (Lipinski definition) is 1. The van der Waals surface area contributed by atoms with Crippen molar-refractivity contribution in [1.29, 1.82) is 0 Å². The van der Waals surface area contributed by atoms with Crippen molar-refractivity contribution in [2.45, 2.75) is 32.8 Å². The topological polar surface area (TPSA) is 77.0 Å². The van der Waals surface area contributed by atoms with E-state index in [1.807, 2.05) is 0 Å². The molecule has 0 spiro atoms. The van der Waals surface area contributed by atoms with E-state index in [0.29, 0.717) is 23.2 Å². The van der Waals surface area contributed by atoms with E-state index < -0.39 is 0 Å². The fourth-order valence-electron chi connectivity index (χ4n) is 2.01. The zero-order valence-electron chi connectivity index (χ0n) is 11.0. The zero-order chi connectivity index (χ0) is 13.9. The minimum absolute atomic E-state index is 0.171. The molecule has 106 valence electrons. The molecule has 2 aromatic rings. The summed E-state index contributed by atoms with van der Waals surface area (Å²) < 4.78 is 9.24. The van der Waals surface area contributed by atoms with Crippen molar-refractivity contribution >= 4 is 33.9 Å². The molecule has 8 heteroatoms. The Morgan fingerprint density at radius 1 is 1.50 bits per heavy atom. The molecule has 3 heterocycles. The maximum atomic E-state index is 12.2. The monoisotopic (exact) mass is 310 g/mol. The van der Waals surface area contributed by atoms with Gasteiger partial charge in [-0.15, -0.1) is 5.10 Å². The highest BCUT2D eigenvalue weighted by Crippen LogP contribution is 2.27. The molecule has 2 aromatic heterocycles. The van der Waals surface area contributed by atoms with E-state index >= 15 is 0 Å². The maximum absolute atomic E-state index is 12.2. The summed E-state index contributed by atoms with van der Waals surface area (Å²) >= 11 is 2.61. The van der Waals surface area contributed by atoms with Crippen LogP contribution in [0.25, 0.3) is 0 Å². The summed E-state index contributed by atoms with van der Waals surface area (Å²) in [5.74, 6) is -0.171. The smallest absolute Gasteiger partial charge is 0.271 e. The quantitative estimate of drug-likeness (QED) is 0.937. The van der Waals surface area contributed by atoms with E-state index in [0.717, 1.165) is 47.1 Å². The Balaban J connectivity index is 1.75. The number of carbonyl (C=O) groups is 1. The largest absolute Gasteiger partial charge is 0.375 e. The predicted molar refractivity (Wildman–Crippen MR) is 77.3 cm³/mol. The molecule has 6 nitrogen and oxygen atoms in total. The maximum Gasteiger partial charge on any atom is 0.271 e. The van der Waals surface area contributed by atoms with Crippen LogP contribution in [0, 0.1) is 0 Å². The van der Waals surface area contributed by atoms with Crippen LogP contribution in [-0.4, -0.2) is 27.1 Å². The average molecular weight is 310 g/mol. The molecule has 20 heavy (non-hydrogen) atoms. The molecule has 0 aliphatic carbocycles. The molecule has 3 rings (SSSR count). The third kappa shape index (κ3) is 2.72. The normalized spacial score (nSPS) is 14.1. The van der Waals surface area contributed by atoms with Crippen LogP contribution in [0.1, 0.15) is 39.3 Å². The van der Waals surface area contributed by atoms with Gasteiger partial charge in [-0.1, -0.05) is 29.2 Å². The molecule has 1 aliphatic heterocycles. The van der Waals surface area contributed by atoms with Crippen LogP contribution in [0.5, 0.6) is 0 Å². The molecule has 1 N–H and O–H groups in total. The van der Waals surface area contributed by atoms with Crippen LogP contribution in [-0.2, 0) is 24.2 Å². The zero-order valence-corrected chi connectivity index (χ0v) is 12.6. The number of hydrogen-bond acceptors (Lipinski definition) is 7. The van der Waals surface area contributed by atoms with Crippen molar-refractivity contribution in [2.24, 2.45) is 0 Å². The second-order valence-electron chi connectivity index (χ2n) is 4.44. The second-order valence-corrected chi connectivity index (χ2v) is 6.28. The van der Waals surface area contributed by atoms with E-state index in [4.69, 9.17) is 4.74 Å². The van der Waals surface area contributed by atoms with Gasteiger partial charge in [0.2, 0.25) is 0 Å². The molecule has 0 radical (unpaired) electrons. The van der Waals surface area contributed by atoms with Gasteiger partial charge in [-0.3, -0.25) is 10.1 Å². The molecule has 0 unspecified atom stereocenters. The first-order valence-electron chi connectivity index (χ1n) is 6.47. The first kappa shape index (κ1) is 13.6. The van der Waals surface area contributed by atoms with E-state index in [1.165, 1.54) is 11.3 Å². The Kier molecular flexibility index (Phi) is 4.04. The Bertz CT molecular complexity index is 599. The van der Waals surface area contributed by atoms with Crippen LogP contribution in [0.15, 0.2) is 0 Å². The Morgan fingerprint density at radius 2 is 2.40 bits per heavy atom. The van der Waals surface area contributed by atoms with Gasteiger partial charge >= 0.3 is 0 Å². The number of rotatable bonds is 4. The van der Waals surface area contributed by atoms with Crippen LogP contribution in [0.2, 0.25) is 0 Å². The second kappa shape index (κ2) is 5.94. The molecular formula is C12H14N4O2S2. The standard InChI is InChI=1S/C12H14N4O2S2/c1-2-3-8-10(20-16-15-8)11(17)14-12-13-7-4-5-18-6-9(7)19-12/h2-6H2,1H3,(H,13,14,17). The number of fused-ring (bicyclic) bond motifs is 1. The van der Waals surface area contributed by atoms with Crippen LogP contribution in [0.3, 0.4) is 0 Å². The van der Waals surface area contributed by atoms with Gasteiger partial charge in [0.1, 0.15) is 4.88 Å². The van der Waals surface area contributed by atoms with Crippen molar-refractivity contribution in [3.8, 4) is 0 Å². The number of aryl methyl sites for hydroxylation is 1. The molecule has 0 fully saturated rings. The van der Waals surface area contributed by atoms with Gasteiger partial charge in [0.25, 0.3) is 5.91 Å². The van der Waals surface area contributed by atoms with E-state index in [9.17, 15) is 4.79 Å². The molecular weight excluding hydrogens is 296 g/mol. The third-order valence-electron chi connectivity index (χ3n) is 2.96. The van der Waals surface area contributed by atoms with Crippen molar-refractivity contribution < 1.29 is 9.53 Å². The van der Waals surface area contributed by atoms with Gasteiger partial charge in [0.05, 0.1) is 29.5 Å². The lowest BCUT2D eigenvalue weighted by molar-refractivity contribution is 0.102. The number of nitrogens with zero attached hydrogens (tertiary/aromatic N) is 3. The average Bonchev–Trinajstić information content (AvgIpc) is 3.04. The van der Waals surface area contributed by atoms with Gasteiger partial charge in [-0.25, -0.2) is 4.98 Å². The summed E-state index contributed by atoms with van der Waals surface area (Å²) in [4.78, 5) is 18.4. The number of nitrogens with one attached hydrogen (secondary N) is 1. The number of amides is 1. The number of ether oxygens (including phenoxy) is 1. The van der Waals surface area contributed by atoms with Gasteiger partial charge in [-0.2, -0.15) is 0 Å². The van der Waals surface area contributed by atoms with Gasteiger partial charge in [0, 0.05) is 6.42 Å². The molecule has 0 saturated carbocycles. The summed E-state index contributed by atoms with van der Waals surface area (Å²) in [7, 11) is 0. The van der Waals surface area contributed by atoms with E-state index in [1.54, 1.807) is 0 Å². The fourth-order valence-corrected chi connectivity index (χ4v) is 3.56. The van der Waals surface area contributed by atoms with Gasteiger partial charge < -0.3 is 4.74 Å². The molecule has 1 aliphatic rings. The first-order chi connectivity index (χ1) is 9.78. The van der Waals surface area contributed by atoms with E-state index in [2.05, 4.69) is 26.8 Å². The molecule has 0 aromatic carbocycles. The highest BCUT2D eigenvalue weighted by molar-refractivity contribution is 7.16. The van der Waals surface area contributed by atoms with Crippen LogP contribution < -0.4 is 5.32 Å². The number of aromatic nitrogens is 3. The molecule has 1 amide bonds. The summed E-state index contributed by atoms with van der Waals surface area (Å²) in [6, 6.07) is 0. The summed E-state index contributed by atoms with van der Waals surface area (Å²) in [5, 5.41) is 7.47. The van der Waals surface area contributed by atoms with E-state index in [-0.39, 0.29) is 5.91 Å². The highest BCUT2D eigenvalue weighted by Gasteiger charge is 2.20. The predicted octanol–water partition coefficient (Wildman–Crippen LogP) is 2.27. The van der Waals surface area contributed by atoms with Gasteiger partial charge in [0.15, 0.2) is 5.13 Å². The third-order valence-corrected chi connectivity index (χ3v) is 4.72. The van der Waals surface area contributed by atoms with Crippen molar-refractivity contribution in [3.05, 3.63) is 21.1 Å². The van der Waals surface area contributed by atoms with Crippen LogP contribution >= 0.6 is 22.9 Å². The Hall–Kier alpha value is -1.38. The highest BCUT2D eigenvalue weighted by atomic mass is 32.1. The number of carbonyl (C=O) groups excluding carboxylic acids is 1. The summed E-state index contributed by atoms with van der Waals surface area (Å²) in [6.07, 6.45) is 2.51. The minimum atomic E-state index is -0.171. The lowest BCUT2D eigenvalue weighted by atomic mass is 10.2. The first-order valence-corrected chi connectivity index (χ1v) is 8.05. The Morgan fingerprint density at radius 3 is 3.20 bits per heavy atom. The van der Waals surface area contributed by atoms with Crippen molar-refractivity contribution in [3.63, 3.8) is 0 Å². The minimum Gasteiger partial charge on any atom is -0.375 e. The van der Waals surface area contributed by atoms with Gasteiger partial charge in [-0.05, 0) is 18.0 Å². The molecule has 0 atom stereocenters. The Labute approximate surface area is 124 Å². The summed E-state index contributed by atoms with van der Waals surface area (Å²) in [5.41, 5.74) is 1.80.